The molecule has 0 saturated carbocycles. The van der Waals surface area contributed by atoms with Gasteiger partial charge in [0.1, 0.15) is 0 Å². The van der Waals surface area contributed by atoms with Crippen LogP contribution in [0.15, 0.2) is 121 Å². The van der Waals surface area contributed by atoms with Crippen molar-refractivity contribution in [3.05, 3.63) is 194 Å². The zero-order valence-corrected chi connectivity index (χ0v) is 37.6. The van der Waals surface area contributed by atoms with Crippen molar-refractivity contribution in [2.75, 3.05) is 0 Å². The predicted octanol–water partition coefficient (Wildman–Crippen LogP) is 14.1. The molecule has 287 valence electrons. The van der Waals surface area contributed by atoms with Crippen LogP contribution in [0.3, 0.4) is 0 Å². The molecule has 1 radical (unpaired) electrons. The molecule has 0 aliphatic carbocycles. The van der Waals surface area contributed by atoms with Gasteiger partial charge in [-0.2, -0.15) is 0 Å². The standard InChI is InChI=1S/C56H57Se/c1-34-18-12-19-35(2)51(34)45-26-16-27-46(52-36(3)20-13-21-37(52)4)49(45)32-42-30-44(56(9,10)11)31-43(55(42)57)33-50-47(53-38(5)22-14-23-39(53)6)28-17-29-48(50)54-40(7)24-15-25-41(54)8/h12-31H,32-33H2,1-11H3. The molecular formula is C56H57Se. The van der Waals surface area contributed by atoms with Gasteiger partial charge in [-0.3, -0.25) is 0 Å². The minimum atomic E-state index is -0.0413. The van der Waals surface area contributed by atoms with Crippen LogP contribution in [0.25, 0.3) is 44.5 Å². The van der Waals surface area contributed by atoms with Gasteiger partial charge in [0, 0.05) is 0 Å². The molecule has 57 heavy (non-hydrogen) atoms. The summed E-state index contributed by atoms with van der Waals surface area (Å²) in [4.78, 5) is 0. The SMILES string of the molecule is Cc1cccc(C)c1-c1cccc(-c2c(C)cccc2C)c1Cc1cc(C(C)(C)C)cc(Cc2c(-c3c(C)cccc3C)cccc2-c2c(C)cccc2C)c1[Se]. The molecule has 0 aliphatic rings. The van der Waals surface area contributed by atoms with E-state index in [1.54, 1.807) is 0 Å². The summed E-state index contributed by atoms with van der Waals surface area (Å²) in [5, 5.41) is 0. The molecule has 7 aromatic rings. The third-order valence-electron chi connectivity index (χ3n) is 12.2. The van der Waals surface area contributed by atoms with Crippen molar-refractivity contribution in [2.24, 2.45) is 0 Å². The van der Waals surface area contributed by atoms with Crippen molar-refractivity contribution < 1.29 is 0 Å². The quantitative estimate of drug-likeness (QED) is 0.134. The molecule has 0 aliphatic heterocycles. The Morgan fingerprint density at radius 2 is 0.596 bits per heavy atom. The van der Waals surface area contributed by atoms with E-state index in [-0.39, 0.29) is 5.41 Å². The van der Waals surface area contributed by atoms with E-state index in [4.69, 9.17) is 0 Å². The van der Waals surface area contributed by atoms with Gasteiger partial charge in [-0.25, -0.2) is 0 Å². The number of aryl methyl sites for hydroxylation is 8. The van der Waals surface area contributed by atoms with Crippen molar-refractivity contribution in [3.8, 4) is 44.5 Å². The fourth-order valence-electron chi connectivity index (χ4n) is 9.28. The molecule has 0 saturated heterocycles. The zero-order valence-electron chi connectivity index (χ0n) is 35.9. The molecule has 0 bridgehead atoms. The number of hydrogen-bond acceptors (Lipinski definition) is 0. The van der Waals surface area contributed by atoms with Crippen molar-refractivity contribution in [2.45, 2.75) is 94.4 Å². The van der Waals surface area contributed by atoms with Gasteiger partial charge in [-0.05, 0) is 0 Å². The second-order valence-corrected chi connectivity index (χ2v) is 18.3. The monoisotopic (exact) mass is 809 g/mol. The van der Waals surface area contributed by atoms with Crippen molar-refractivity contribution in [1.82, 2.24) is 0 Å². The topological polar surface area (TPSA) is 0 Å². The first-order valence-corrected chi connectivity index (χ1v) is 21.3. The van der Waals surface area contributed by atoms with E-state index in [1.807, 2.05) is 0 Å². The summed E-state index contributed by atoms with van der Waals surface area (Å²) in [6, 6.07) is 45.8. The first kappa shape index (κ1) is 40.3. The summed E-state index contributed by atoms with van der Waals surface area (Å²) in [5.74, 6) is 0. The Labute approximate surface area is 351 Å². The van der Waals surface area contributed by atoms with Crippen LogP contribution < -0.4 is 4.46 Å². The Hall–Kier alpha value is -4.94. The van der Waals surface area contributed by atoms with Crippen LogP contribution in [-0.4, -0.2) is 16.0 Å². The molecule has 0 atom stereocenters. The maximum absolute atomic E-state index is 3.69. The van der Waals surface area contributed by atoms with Crippen LogP contribution in [0, 0.1) is 55.4 Å². The number of rotatable bonds is 8. The summed E-state index contributed by atoms with van der Waals surface area (Å²) in [6.07, 6.45) is 1.63. The first-order valence-electron chi connectivity index (χ1n) is 20.5. The van der Waals surface area contributed by atoms with Crippen LogP contribution in [0.4, 0.5) is 0 Å². The average molecular weight is 809 g/mol. The number of hydrogen-bond donors (Lipinski definition) is 0. The van der Waals surface area contributed by atoms with Gasteiger partial charge < -0.3 is 0 Å². The van der Waals surface area contributed by atoms with Gasteiger partial charge >= 0.3 is 353 Å². The molecule has 0 heterocycles. The summed E-state index contributed by atoms with van der Waals surface area (Å²) in [5.41, 5.74) is 27.9. The van der Waals surface area contributed by atoms with Crippen molar-refractivity contribution in [3.63, 3.8) is 0 Å². The van der Waals surface area contributed by atoms with E-state index in [2.05, 4.69) is 214 Å². The second kappa shape index (κ2) is 16.1. The van der Waals surface area contributed by atoms with Crippen LogP contribution in [0.2, 0.25) is 0 Å². The van der Waals surface area contributed by atoms with Crippen molar-refractivity contribution >= 4 is 20.5 Å². The fraction of sp³-hybridized carbons (Fsp3) is 0.250. The Bertz CT molecular complexity index is 2250. The van der Waals surface area contributed by atoms with E-state index in [0.717, 1.165) is 12.8 Å². The Morgan fingerprint density at radius 3 is 0.825 bits per heavy atom. The molecule has 0 amide bonds. The molecule has 7 rings (SSSR count). The Morgan fingerprint density at radius 1 is 0.368 bits per heavy atom. The molecule has 0 nitrogen and oxygen atoms in total. The van der Waals surface area contributed by atoms with Gasteiger partial charge in [0.25, 0.3) is 0 Å². The normalized spacial score (nSPS) is 11.6. The third-order valence-corrected chi connectivity index (χ3v) is 13.3. The van der Waals surface area contributed by atoms with Crippen LogP contribution in [0.5, 0.6) is 0 Å². The maximum atomic E-state index is 3.69. The van der Waals surface area contributed by atoms with E-state index in [1.165, 1.54) is 121 Å². The van der Waals surface area contributed by atoms with Gasteiger partial charge in [-0.1, -0.05) is 0 Å². The number of benzene rings is 7. The van der Waals surface area contributed by atoms with E-state index < -0.39 is 0 Å². The van der Waals surface area contributed by atoms with Gasteiger partial charge in [0.05, 0.1) is 0 Å². The van der Waals surface area contributed by atoms with E-state index in [0.29, 0.717) is 0 Å². The Kier molecular flexibility index (Phi) is 11.4. The summed E-state index contributed by atoms with van der Waals surface area (Å²) in [6.45, 7) is 25.2. The second-order valence-electron chi connectivity index (χ2n) is 17.5. The molecule has 7 aromatic carbocycles. The van der Waals surface area contributed by atoms with E-state index >= 15 is 0 Å². The summed E-state index contributed by atoms with van der Waals surface area (Å²) >= 11 is 3.69. The van der Waals surface area contributed by atoms with Crippen LogP contribution in [0.1, 0.15) is 93.1 Å². The summed E-state index contributed by atoms with van der Waals surface area (Å²) in [7, 11) is 0. The van der Waals surface area contributed by atoms with Gasteiger partial charge in [-0.15, -0.1) is 0 Å². The molecule has 0 fully saturated rings. The predicted molar refractivity (Wildman–Crippen MR) is 249 cm³/mol. The third kappa shape index (κ3) is 7.86. The zero-order chi connectivity index (χ0) is 40.8. The van der Waals surface area contributed by atoms with Crippen LogP contribution >= 0.6 is 0 Å². The molecule has 0 N–H and O–H groups in total. The summed E-state index contributed by atoms with van der Waals surface area (Å²) < 4.78 is 1.26. The molecule has 0 aromatic heterocycles. The van der Waals surface area contributed by atoms with Crippen LogP contribution in [-0.2, 0) is 18.3 Å². The molecular weight excluding hydrogens is 752 g/mol. The molecule has 0 spiro atoms. The van der Waals surface area contributed by atoms with Gasteiger partial charge in [0.2, 0.25) is 0 Å². The van der Waals surface area contributed by atoms with Crippen molar-refractivity contribution in [1.29, 1.82) is 0 Å². The van der Waals surface area contributed by atoms with E-state index in [9.17, 15) is 0 Å². The average Bonchev–Trinajstić information content (AvgIpc) is 3.14. The Balaban J connectivity index is 1.50. The molecule has 1 heteroatoms. The fourth-order valence-corrected chi connectivity index (χ4v) is 9.83. The van der Waals surface area contributed by atoms with Gasteiger partial charge in [0.15, 0.2) is 0 Å². The minimum absolute atomic E-state index is 0.0413. The first-order chi connectivity index (χ1) is 27.1. The molecule has 0 unspecified atom stereocenters.